The van der Waals surface area contributed by atoms with E-state index < -0.39 is 0 Å². The summed E-state index contributed by atoms with van der Waals surface area (Å²) in [6.07, 6.45) is 3.10. The number of hydrogen-bond acceptors (Lipinski definition) is 3. The Balaban J connectivity index is 2.58. The molecular weight excluding hydrogens is 234 g/mol. The second-order valence-corrected chi connectivity index (χ2v) is 5.20. The Morgan fingerprint density at radius 2 is 2.05 bits per heavy atom. The summed E-state index contributed by atoms with van der Waals surface area (Å²) >= 11 is 0. The summed E-state index contributed by atoms with van der Waals surface area (Å²) in [4.78, 5) is 6.90. The highest BCUT2D eigenvalue weighted by Crippen LogP contribution is 2.11. The predicted octanol–water partition coefficient (Wildman–Crippen LogP) is 2.93. The zero-order chi connectivity index (χ0) is 14.1. The molecular formula is C16H29N3. The third-order valence-corrected chi connectivity index (χ3v) is 3.81. The van der Waals surface area contributed by atoms with Crippen molar-refractivity contribution in [2.75, 3.05) is 19.6 Å². The lowest BCUT2D eigenvalue weighted by atomic mass is 9.98. The third kappa shape index (κ3) is 5.70. The van der Waals surface area contributed by atoms with Crippen molar-refractivity contribution in [1.29, 1.82) is 0 Å². The number of hydrogen-bond donors (Lipinski definition) is 1. The van der Waals surface area contributed by atoms with Crippen LogP contribution in [0.5, 0.6) is 0 Å². The molecule has 0 spiro atoms. The van der Waals surface area contributed by atoms with Crippen LogP contribution in [0.15, 0.2) is 24.4 Å². The molecule has 0 aliphatic heterocycles. The molecule has 1 aromatic heterocycles. The summed E-state index contributed by atoms with van der Waals surface area (Å²) in [6.45, 7) is 13.1. The van der Waals surface area contributed by atoms with Gasteiger partial charge in [0, 0.05) is 25.3 Å². The smallest absolute Gasteiger partial charge is 0.0543 e. The molecule has 1 aromatic rings. The molecule has 0 saturated carbocycles. The second-order valence-electron chi connectivity index (χ2n) is 5.20. The molecule has 1 N–H and O–H groups in total. The van der Waals surface area contributed by atoms with E-state index in [0.717, 1.165) is 31.9 Å². The summed E-state index contributed by atoms with van der Waals surface area (Å²) in [5.74, 6) is 0.706. The van der Waals surface area contributed by atoms with Crippen LogP contribution in [0, 0.1) is 5.92 Å². The Morgan fingerprint density at radius 1 is 1.26 bits per heavy atom. The molecule has 108 valence electrons. The number of aromatic nitrogens is 1. The number of nitrogens with zero attached hydrogens (tertiary/aromatic N) is 2. The number of pyridine rings is 1. The second kappa shape index (κ2) is 9.05. The SMILES string of the molecule is CCNC(CN(CC)Cc1ccccn1)C(C)CC. The van der Waals surface area contributed by atoms with E-state index in [2.05, 4.69) is 55.0 Å². The van der Waals surface area contributed by atoms with Crippen molar-refractivity contribution in [3.05, 3.63) is 30.1 Å². The maximum Gasteiger partial charge on any atom is 0.0543 e. The van der Waals surface area contributed by atoms with Gasteiger partial charge in [-0.15, -0.1) is 0 Å². The average Bonchev–Trinajstić information content (AvgIpc) is 2.46. The minimum atomic E-state index is 0.568. The van der Waals surface area contributed by atoms with E-state index in [1.807, 2.05) is 12.3 Å². The quantitative estimate of drug-likeness (QED) is 0.742. The van der Waals surface area contributed by atoms with Gasteiger partial charge in [-0.2, -0.15) is 0 Å². The molecule has 0 bridgehead atoms. The van der Waals surface area contributed by atoms with Crippen molar-refractivity contribution >= 4 is 0 Å². The van der Waals surface area contributed by atoms with Crippen molar-refractivity contribution in [2.24, 2.45) is 5.92 Å². The van der Waals surface area contributed by atoms with Crippen molar-refractivity contribution in [3.8, 4) is 0 Å². The molecule has 3 nitrogen and oxygen atoms in total. The average molecular weight is 263 g/mol. The van der Waals surface area contributed by atoms with Crippen LogP contribution in [0.2, 0.25) is 0 Å². The molecule has 1 heterocycles. The fourth-order valence-corrected chi connectivity index (χ4v) is 2.30. The molecule has 0 amide bonds. The Labute approximate surface area is 118 Å². The first-order valence-electron chi connectivity index (χ1n) is 7.56. The Bertz CT molecular complexity index is 326. The van der Waals surface area contributed by atoms with E-state index in [9.17, 15) is 0 Å². The van der Waals surface area contributed by atoms with E-state index >= 15 is 0 Å². The fraction of sp³-hybridized carbons (Fsp3) is 0.688. The van der Waals surface area contributed by atoms with Crippen molar-refractivity contribution in [1.82, 2.24) is 15.2 Å². The van der Waals surface area contributed by atoms with Crippen LogP contribution in [0.3, 0.4) is 0 Å². The van der Waals surface area contributed by atoms with Gasteiger partial charge in [0.15, 0.2) is 0 Å². The highest BCUT2D eigenvalue weighted by molar-refractivity contribution is 5.03. The maximum absolute atomic E-state index is 4.42. The molecule has 0 aliphatic carbocycles. The monoisotopic (exact) mass is 263 g/mol. The molecule has 2 atom stereocenters. The van der Waals surface area contributed by atoms with Gasteiger partial charge in [0.25, 0.3) is 0 Å². The molecule has 0 fully saturated rings. The van der Waals surface area contributed by atoms with Gasteiger partial charge in [-0.1, -0.05) is 40.2 Å². The molecule has 0 saturated heterocycles. The van der Waals surface area contributed by atoms with Crippen LogP contribution in [0.4, 0.5) is 0 Å². The van der Waals surface area contributed by atoms with Gasteiger partial charge in [0.05, 0.1) is 5.69 Å². The Hall–Kier alpha value is -0.930. The zero-order valence-corrected chi connectivity index (χ0v) is 12.9. The maximum atomic E-state index is 4.42. The van der Waals surface area contributed by atoms with Crippen LogP contribution < -0.4 is 5.32 Å². The molecule has 0 radical (unpaired) electrons. The molecule has 0 aliphatic rings. The van der Waals surface area contributed by atoms with E-state index in [0.29, 0.717) is 12.0 Å². The minimum absolute atomic E-state index is 0.568. The lowest BCUT2D eigenvalue weighted by molar-refractivity contribution is 0.211. The number of likely N-dealkylation sites (N-methyl/N-ethyl adjacent to an activating group) is 2. The lowest BCUT2D eigenvalue weighted by Crippen LogP contribution is -2.44. The highest BCUT2D eigenvalue weighted by atomic mass is 15.2. The van der Waals surface area contributed by atoms with Gasteiger partial charge in [-0.25, -0.2) is 0 Å². The largest absolute Gasteiger partial charge is 0.313 e. The van der Waals surface area contributed by atoms with Crippen LogP contribution >= 0.6 is 0 Å². The summed E-state index contributed by atoms with van der Waals surface area (Å²) in [7, 11) is 0. The van der Waals surface area contributed by atoms with E-state index in [4.69, 9.17) is 0 Å². The minimum Gasteiger partial charge on any atom is -0.313 e. The first kappa shape index (κ1) is 16.1. The van der Waals surface area contributed by atoms with E-state index in [1.165, 1.54) is 6.42 Å². The van der Waals surface area contributed by atoms with Gasteiger partial charge >= 0.3 is 0 Å². The Morgan fingerprint density at radius 3 is 2.58 bits per heavy atom. The highest BCUT2D eigenvalue weighted by Gasteiger charge is 2.18. The van der Waals surface area contributed by atoms with Crippen LogP contribution in [-0.2, 0) is 6.54 Å². The predicted molar refractivity (Wildman–Crippen MR) is 82.1 cm³/mol. The van der Waals surface area contributed by atoms with Gasteiger partial charge in [0.2, 0.25) is 0 Å². The van der Waals surface area contributed by atoms with Crippen molar-refractivity contribution < 1.29 is 0 Å². The summed E-state index contributed by atoms with van der Waals surface area (Å²) in [5.41, 5.74) is 1.16. The van der Waals surface area contributed by atoms with E-state index in [-0.39, 0.29) is 0 Å². The molecule has 3 heteroatoms. The van der Waals surface area contributed by atoms with Gasteiger partial charge < -0.3 is 5.32 Å². The van der Waals surface area contributed by atoms with Gasteiger partial charge in [0.1, 0.15) is 0 Å². The number of rotatable bonds is 9. The molecule has 1 rings (SSSR count). The lowest BCUT2D eigenvalue weighted by Gasteiger charge is -2.30. The molecule has 2 unspecified atom stereocenters. The van der Waals surface area contributed by atoms with E-state index in [1.54, 1.807) is 0 Å². The molecule has 19 heavy (non-hydrogen) atoms. The van der Waals surface area contributed by atoms with Crippen molar-refractivity contribution in [3.63, 3.8) is 0 Å². The normalized spacial score (nSPS) is 14.6. The topological polar surface area (TPSA) is 28.2 Å². The van der Waals surface area contributed by atoms with Crippen molar-refractivity contribution in [2.45, 2.75) is 46.7 Å². The summed E-state index contributed by atoms with van der Waals surface area (Å²) < 4.78 is 0. The zero-order valence-electron chi connectivity index (χ0n) is 12.9. The first-order chi connectivity index (χ1) is 9.21. The molecule has 0 aromatic carbocycles. The number of nitrogens with one attached hydrogen (secondary N) is 1. The fourth-order valence-electron chi connectivity index (χ4n) is 2.30. The standard InChI is InChI=1S/C16H29N3/c1-5-14(4)16(17-6-2)13-19(7-3)12-15-10-8-9-11-18-15/h8-11,14,16-17H,5-7,12-13H2,1-4H3. The van der Waals surface area contributed by atoms with Gasteiger partial charge in [-0.05, 0) is 31.1 Å². The third-order valence-electron chi connectivity index (χ3n) is 3.81. The first-order valence-corrected chi connectivity index (χ1v) is 7.56. The summed E-state index contributed by atoms with van der Waals surface area (Å²) in [6, 6.07) is 6.71. The van der Waals surface area contributed by atoms with Crippen LogP contribution in [0.1, 0.15) is 39.8 Å². The van der Waals surface area contributed by atoms with Crippen LogP contribution in [0.25, 0.3) is 0 Å². The van der Waals surface area contributed by atoms with Gasteiger partial charge in [-0.3, -0.25) is 9.88 Å². The Kier molecular flexibility index (Phi) is 7.68. The summed E-state index contributed by atoms with van der Waals surface area (Å²) in [5, 5.41) is 3.62. The van der Waals surface area contributed by atoms with Crippen LogP contribution in [-0.4, -0.2) is 35.6 Å².